The van der Waals surface area contributed by atoms with Gasteiger partial charge in [-0.05, 0) is 18.2 Å². The number of benzene rings is 1. The highest BCUT2D eigenvalue weighted by molar-refractivity contribution is 6.62. The average molecular weight is 245 g/mol. The molecule has 1 aliphatic rings. The highest BCUT2D eigenvalue weighted by atomic mass is 16.6. The van der Waals surface area contributed by atoms with Crippen molar-refractivity contribution in [2.24, 2.45) is 5.41 Å². The lowest BCUT2D eigenvalue weighted by atomic mass is 9.73. The Morgan fingerprint density at radius 2 is 2.00 bits per heavy atom. The molecule has 5 heteroatoms. The SMILES string of the molecule is COc1ccc(C#N)c(B2OCC(C)(C)CO2)c1. The summed E-state index contributed by atoms with van der Waals surface area (Å²) in [5.41, 5.74) is 1.30. The summed E-state index contributed by atoms with van der Waals surface area (Å²) < 4.78 is 16.6. The molecule has 0 spiro atoms. The summed E-state index contributed by atoms with van der Waals surface area (Å²) in [5.74, 6) is 0.695. The van der Waals surface area contributed by atoms with Gasteiger partial charge in [0.1, 0.15) is 5.75 Å². The van der Waals surface area contributed by atoms with E-state index in [9.17, 15) is 0 Å². The first kappa shape index (κ1) is 12.9. The Kier molecular flexibility index (Phi) is 3.60. The van der Waals surface area contributed by atoms with Crippen molar-refractivity contribution in [1.82, 2.24) is 0 Å². The van der Waals surface area contributed by atoms with Crippen LogP contribution in [0.2, 0.25) is 0 Å². The first-order chi connectivity index (χ1) is 8.55. The number of hydrogen-bond acceptors (Lipinski definition) is 4. The van der Waals surface area contributed by atoms with Crippen LogP contribution in [0, 0.1) is 16.7 Å². The van der Waals surface area contributed by atoms with E-state index < -0.39 is 7.12 Å². The lowest BCUT2D eigenvalue weighted by Crippen LogP contribution is -2.48. The molecule has 1 saturated heterocycles. The number of ether oxygens (including phenoxy) is 1. The second kappa shape index (κ2) is 5.01. The minimum atomic E-state index is -0.484. The molecule has 0 unspecified atom stereocenters. The Bertz CT molecular complexity index is 472. The van der Waals surface area contributed by atoms with E-state index in [0.717, 1.165) is 5.46 Å². The second-order valence-electron chi connectivity index (χ2n) is 5.18. The number of nitriles is 1. The zero-order valence-corrected chi connectivity index (χ0v) is 10.9. The number of nitrogens with zero attached hydrogens (tertiary/aromatic N) is 1. The predicted molar refractivity (Wildman–Crippen MR) is 68.8 cm³/mol. The van der Waals surface area contributed by atoms with Crippen LogP contribution in [0.3, 0.4) is 0 Å². The van der Waals surface area contributed by atoms with Gasteiger partial charge in [0.25, 0.3) is 0 Å². The molecule has 1 aliphatic heterocycles. The predicted octanol–water partition coefficient (Wildman–Crippen LogP) is 1.34. The maximum atomic E-state index is 9.11. The Morgan fingerprint density at radius 3 is 2.56 bits per heavy atom. The monoisotopic (exact) mass is 245 g/mol. The van der Waals surface area contributed by atoms with Crippen LogP contribution >= 0.6 is 0 Å². The molecule has 0 N–H and O–H groups in total. The van der Waals surface area contributed by atoms with Crippen LogP contribution in [-0.4, -0.2) is 27.4 Å². The van der Waals surface area contributed by atoms with Crippen molar-refractivity contribution in [1.29, 1.82) is 5.26 Å². The molecule has 0 saturated carbocycles. The highest BCUT2D eigenvalue weighted by Gasteiger charge is 2.35. The molecule has 1 heterocycles. The standard InChI is InChI=1S/C13H16BNO3/c1-13(2)8-17-14(18-9-13)12-6-11(16-3)5-4-10(12)7-15/h4-6H,8-9H2,1-3H3. The molecular formula is C13H16BNO3. The van der Waals surface area contributed by atoms with Crippen molar-refractivity contribution in [3.05, 3.63) is 23.8 Å². The zero-order valence-electron chi connectivity index (χ0n) is 10.9. The van der Waals surface area contributed by atoms with E-state index in [-0.39, 0.29) is 5.41 Å². The Balaban J connectivity index is 2.25. The van der Waals surface area contributed by atoms with Crippen molar-refractivity contribution in [3.8, 4) is 11.8 Å². The summed E-state index contributed by atoms with van der Waals surface area (Å²) in [6, 6.07) is 7.42. The number of methoxy groups -OCH3 is 1. The molecule has 0 bridgehead atoms. The van der Waals surface area contributed by atoms with Crippen molar-refractivity contribution in [2.45, 2.75) is 13.8 Å². The van der Waals surface area contributed by atoms with Crippen LogP contribution in [0.15, 0.2) is 18.2 Å². The van der Waals surface area contributed by atoms with E-state index >= 15 is 0 Å². The number of rotatable bonds is 2. The van der Waals surface area contributed by atoms with Crippen LogP contribution < -0.4 is 10.2 Å². The summed E-state index contributed by atoms with van der Waals surface area (Å²) in [6.45, 7) is 5.39. The number of hydrogen-bond donors (Lipinski definition) is 0. The summed E-state index contributed by atoms with van der Waals surface area (Å²) in [6.07, 6.45) is 0. The first-order valence-corrected chi connectivity index (χ1v) is 5.87. The van der Waals surface area contributed by atoms with Gasteiger partial charge in [-0.3, -0.25) is 0 Å². The topological polar surface area (TPSA) is 51.5 Å². The molecule has 0 atom stereocenters. The van der Waals surface area contributed by atoms with E-state index in [1.165, 1.54) is 0 Å². The van der Waals surface area contributed by atoms with Gasteiger partial charge in [-0.2, -0.15) is 5.26 Å². The first-order valence-electron chi connectivity index (χ1n) is 5.87. The summed E-state index contributed by atoms with van der Waals surface area (Å²) >= 11 is 0. The highest BCUT2D eigenvalue weighted by Crippen LogP contribution is 2.22. The molecule has 4 nitrogen and oxygen atoms in total. The second-order valence-corrected chi connectivity index (χ2v) is 5.18. The van der Waals surface area contributed by atoms with Crippen LogP contribution in [0.5, 0.6) is 5.75 Å². The normalized spacial score (nSPS) is 18.2. The van der Waals surface area contributed by atoms with Gasteiger partial charge in [0.15, 0.2) is 0 Å². The summed E-state index contributed by atoms with van der Waals surface area (Å²) in [4.78, 5) is 0. The molecule has 1 fully saturated rings. The van der Waals surface area contributed by atoms with Crippen molar-refractivity contribution >= 4 is 12.6 Å². The summed E-state index contributed by atoms with van der Waals surface area (Å²) in [5, 5.41) is 9.11. The minimum Gasteiger partial charge on any atom is -0.497 e. The van der Waals surface area contributed by atoms with E-state index in [1.807, 2.05) is 0 Å². The van der Waals surface area contributed by atoms with Crippen LogP contribution in [0.1, 0.15) is 19.4 Å². The van der Waals surface area contributed by atoms with Gasteiger partial charge in [-0.25, -0.2) is 0 Å². The molecule has 0 amide bonds. The fraction of sp³-hybridized carbons (Fsp3) is 0.462. The van der Waals surface area contributed by atoms with Gasteiger partial charge in [0.2, 0.25) is 0 Å². The molecule has 0 aliphatic carbocycles. The lowest BCUT2D eigenvalue weighted by Gasteiger charge is -2.33. The van der Waals surface area contributed by atoms with Crippen LogP contribution in [-0.2, 0) is 9.31 Å². The van der Waals surface area contributed by atoms with Gasteiger partial charge in [0.05, 0.1) is 18.7 Å². The smallest absolute Gasteiger partial charge is 0.495 e. The van der Waals surface area contributed by atoms with Crippen LogP contribution in [0.25, 0.3) is 0 Å². The van der Waals surface area contributed by atoms with E-state index in [0.29, 0.717) is 24.5 Å². The third-order valence-electron chi connectivity index (χ3n) is 2.88. The quantitative estimate of drug-likeness (QED) is 0.737. The van der Waals surface area contributed by atoms with Crippen molar-refractivity contribution in [2.75, 3.05) is 20.3 Å². The third-order valence-corrected chi connectivity index (χ3v) is 2.88. The average Bonchev–Trinajstić information content (AvgIpc) is 2.38. The van der Waals surface area contributed by atoms with Gasteiger partial charge < -0.3 is 14.0 Å². The minimum absolute atomic E-state index is 0.0160. The molecule has 1 aromatic carbocycles. The molecule has 2 rings (SSSR count). The van der Waals surface area contributed by atoms with Gasteiger partial charge >= 0.3 is 7.12 Å². The lowest BCUT2D eigenvalue weighted by molar-refractivity contribution is 0.0343. The van der Waals surface area contributed by atoms with Gasteiger partial charge in [-0.15, -0.1) is 0 Å². The van der Waals surface area contributed by atoms with Gasteiger partial charge in [0, 0.05) is 24.1 Å². The van der Waals surface area contributed by atoms with Crippen molar-refractivity contribution in [3.63, 3.8) is 0 Å². The largest absolute Gasteiger partial charge is 0.497 e. The van der Waals surface area contributed by atoms with Crippen molar-refractivity contribution < 1.29 is 14.0 Å². The van der Waals surface area contributed by atoms with E-state index in [1.54, 1.807) is 25.3 Å². The van der Waals surface area contributed by atoms with E-state index in [2.05, 4.69) is 19.9 Å². The summed E-state index contributed by atoms with van der Waals surface area (Å²) in [7, 11) is 1.11. The Morgan fingerprint density at radius 1 is 1.33 bits per heavy atom. The van der Waals surface area contributed by atoms with E-state index in [4.69, 9.17) is 19.3 Å². The molecule has 0 aromatic heterocycles. The molecule has 0 radical (unpaired) electrons. The Labute approximate surface area is 108 Å². The maximum Gasteiger partial charge on any atom is 0.495 e. The Hall–Kier alpha value is -1.51. The van der Waals surface area contributed by atoms with Crippen LogP contribution in [0.4, 0.5) is 0 Å². The molecule has 18 heavy (non-hydrogen) atoms. The molecular weight excluding hydrogens is 229 g/mol. The van der Waals surface area contributed by atoms with Gasteiger partial charge in [-0.1, -0.05) is 13.8 Å². The molecule has 94 valence electrons. The zero-order chi connectivity index (χ0) is 13.2. The maximum absolute atomic E-state index is 9.11. The fourth-order valence-corrected chi connectivity index (χ4v) is 1.84. The molecule has 1 aromatic rings. The third kappa shape index (κ3) is 2.66. The fourth-order valence-electron chi connectivity index (χ4n) is 1.84.